The van der Waals surface area contributed by atoms with Gasteiger partial charge < -0.3 is 31.3 Å². The molecule has 0 spiro atoms. The summed E-state index contributed by atoms with van der Waals surface area (Å²) >= 11 is 0. The highest BCUT2D eigenvalue weighted by atomic mass is 31.1. The van der Waals surface area contributed by atoms with E-state index in [4.69, 9.17) is 16.2 Å². The smallest absolute Gasteiger partial charge is 0.351 e. The third kappa shape index (κ3) is 3.17. The van der Waals surface area contributed by atoms with Gasteiger partial charge in [-0.3, -0.25) is 9.36 Å². The van der Waals surface area contributed by atoms with Gasteiger partial charge in [-0.05, 0) is 12.6 Å². The predicted octanol–water partition coefficient (Wildman–Crippen LogP) is -2.68. The van der Waals surface area contributed by atoms with Crippen molar-refractivity contribution in [2.75, 3.05) is 18.4 Å². The minimum Gasteiger partial charge on any atom is -0.387 e. The Balaban J connectivity index is 2.23. The van der Waals surface area contributed by atoms with Crippen LogP contribution in [0.1, 0.15) is 6.23 Å². The molecule has 22 heavy (non-hydrogen) atoms. The molecule has 0 aromatic carbocycles. The number of nitrogens with zero attached hydrogens (tertiary/aromatic N) is 2. The summed E-state index contributed by atoms with van der Waals surface area (Å²) in [4.78, 5) is 36.9. The van der Waals surface area contributed by atoms with Gasteiger partial charge in [-0.2, -0.15) is 4.98 Å². The molecule has 1 aliphatic rings. The van der Waals surface area contributed by atoms with Gasteiger partial charge in [0.25, 0.3) is 0 Å². The lowest BCUT2D eigenvalue weighted by atomic mass is 10.1. The van der Waals surface area contributed by atoms with Crippen LogP contribution in [0.15, 0.2) is 17.1 Å². The standard InChI is InChI=1S/C11H17N4O6P/c12-2-4-22(20)10(18)8-6(16)7(17)9(21-8)15-3-1-5(13)14-11(15)19/h1,3,6-9,16-17,20H,2,4,12H2,(H2,13,14,19)/t6-,7-,8-,9+,22?/m0/s1. The molecule has 0 saturated carbocycles. The molecule has 1 unspecified atom stereocenters. The zero-order valence-electron chi connectivity index (χ0n) is 11.4. The molecule has 1 aromatic heterocycles. The molecule has 5 atom stereocenters. The lowest BCUT2D eigenvalue weighted by molar-refractivity contribution is -0.127. The summed E-state index contributed by atoms with van der Waals surface area (Å²) in [5, 5.41) is 19.9. The summed E-state index contributed by atoms with van der Waals surface area (Å²) < 4.78 is 6.19. The Bertz CT molecular complexity index is 610. The minimum atomic E-state index is -2.08. The number of aromatic nitrogens is 2. The maximum atomic E-state index is 12.0. The van der Waals surface area contributed by atoms with Crippen LogP contribution < -0.4 is 17.2 Å². The van der Waals surface area contributed by atoms with E-state index in [2.05, 4.69) is 4.98 Å². The Kier molecular flexibility index (Phi) is 5.22. The number of hydrogen-bond donors (Lipinski definition) is 5. The van der Waals surface area contributed by atoms with Crippen LogP contribution in [0.2, 0.25) is 0 Å². The van der Waals surface area contributed by atoms with E-state index in [-0.39, 0.29) is 18.5 Å². The maximum absolute atomic E-state index is 12.0. The van der Waals surface area contributed by atoms with Crippen molar-refractivity contribution in [1.29, 1.82) is 0 Å². The van der Waals surface area contributed by atoms with Gasteiger partial charge in [-0.15, -0.1) is 0 Å². The molecule has 10 nitrogen and oxygen atoms in total. The van der Waals surface area contributed by atoms with Gasteiger partial charge in [0.2, 0.25) is 5.52 Å². The Labute approximate surface area is 126 Å². The molecule has 2 heterocycles. The van der Waals surface area contributed by atoms with Crippen LogP contribution in [0, 0.1) is 0 Å². The van der Waals surface area contributed by atoms with E-state index < -0.39 is 43.9 Å². The largest absolute Gasteiger partial charge is 0.387 e. The molecule has 0 amide bonds. The minimum absolute atomic E-state index is 0.0104. The van der Waals surface area contributed by atoms with Crippen molar-refractivity contribution >= 4 is 19.5 Å². The van der Waals surface area contributed by atoms with E-state index in [1.54, 1.807) is 0 Å². The third-order valence-electron chi connectivity index (χ3n) is 3.20. The number of nitrogens with two attached hydrogens (primary N) is 2. The number of aliphatic hydroxyl groups excluding tert-OH is 2. The average molecular weight is 332 g/mol. The predicted molar refractivity (Wildman–Crippen MR) is 76.9 cm³/mol. The second-order valence-corrected chi connectivity index (χ2v) is 6.41. The van der Waals surface area contributed by atoms with E-state index in [0.717, 1.165) is 4.57 Å². The number of rotatable bonds is 5. The molecular formula is C11H17N4O6P. The van der Waals surface area contributed by atoms with Gasteiger partial charge >= 0.3 is 5.69 Å². The van der Waals surface area contributed by atoms with Crippen molar-refractivity contribution in [2.24, 2.45) is 5.73 Å². The fourth-order valence-electron chi connectivity index (χ4n) is 2.09. The first-order valence-corrected chi connectivity index (χ1v) is 7.91. The second kappa shape index (κ2) is 6.78. The van der Waals surface area contributed by atoms with Crippen molar-refractivity contribution in [3.05, 3.63) is 22.7 Å². The molecule has 0 radical (unpaired) electrons. The first-order chi connectivity index (χ1) is 10.4. The molecule has 0 bridgehead atoms. The van der Waals surface area contributed by atoms with Crippen LogP contribution in [-0.4, -0.2) is 61.2 Å². The average Bonchev–Trinajstić information content (AvgIpc) is 2.75. The van der Waals surface area contributed by atoms with E-state index in [0.29, 0.717) is 0 Å². The molecule has 1 aliphatic heterocycles. The molecule has 0 aliphatic carbocycles. The van der Waals surface area contributed by atoms with Gasteiger partial charge in [0.15, 0.2) is 12.3 Å². The summed E-state index contributed by atoms with van der Waals surface area (Å²) in [5.41, 5.74) is 9.09. The van der Waals surface area contributed by atoms with Crippen molar-refractivity contribution in [1.82, 2.24) is 9.55 Å². The summed E-state index contributed by atoms with van der Waals surface area (Å²) in [6.07, 6.45) is -4.54. The zero-order valence-corrected chi connectivity index (χ0v) is 12.3. The maximum Gasteiger partial charge on any atom is 0.351 e. The van der Waals surface area contributed by atoms with Gasteiger partial charge in [0.05, 0.1) is 8.15 Å². The Morgan fingerprint density at radius 1 is 1.45 bits per heavy atom. The van der Waals surface area contributed by atoms with Crippen molar-refractivity contribution in [3.8, 4) is 0 Å². The first kappa shape index (κ1) is 16.9. The van der Waals surface area contributed by atoms with E-state index >= 15 is 0 Å². The van der Waals surface area contributed by atoms with Gasteiger partial charge in [0.1, 0.15) is 18.0 Å². The quantitative estimate of drug-likeness (QED) is 0.360. The van der Waals surface area contributed by atoms with Crippen LogP contribution in [0.4, 0.5) is 5.82 Å². The van der Waals surface area contributed by atoms with E-state index in [9.17, 15) is 24.7 Å². The fourth-order valence-corrected chi connectivity index (χ4v) is 3.06. The van der Waals surface area contributed by atoms with Crippen LogP contribution in [0.3, 0.4) is 0 Å². The third-order valence-corrected chi connectivity index (χ3v) is 4.65. The highest BCUT2D eigenvalue weighted by Gasteiger charge is 2.48. The normalized spacial score (nSPS) is 29.5. The van der Waals surface area contributed by atoms with Crippen molar-refractivity contribution < 1.29 is 24.6 Å². The molecule has 1 saturated heterocycles. The first-order valence-electron chi connectivity index (χ1n) is 6.43. The van der Waals surface area contributed by atoms with Crippen molar-refractivity contribution in [3.63, 3.8) is 0 Å². The number of carbonyl (C=O) groups excluding carboxylic acids is 1. The van der Waals surface area contributed by atoms with Crippen LogP contribution in [0.25, 0.3) is 0 Å². The van der Waals surface area contributed by atoms with E-state index in [1.807, 2.05) is 0 Å². The number of carbonyl (C=O) groups is 1. The Morgan fingerprint density at radius 3 is 2.73 bits per heavy atom. The number of ether oxygens (including phenoxy) is 1. The van der Waals surface area contributed by atoms with Crippen LogP contribution in [-0.2, 0) is 9.53 Å². The number of hydrogen-bond acceptors (Lipinski definition) is 9. The topological polar surface area (TPSA) is 174 Å². The molecular weight excluding hydrogens is 315 g/mol. The van der Waals surface area contributed by atoms with Gasteiger partial charge in [0, 0.05) is 12.4 Å². The summed E-state index contributed by atoms with van der Waals surface area (Å²) in [7, 11) is -2.08. The monoisotopic (exact) mass is 332 g/mol. The Morgan fingerprint density at radius 2 is 2.14 bits per heavy atom. The number of nitrogen functional groups attached to an aromatic ring is 1. The summed E-state index contributed by atoms with van der Waals surface area (Å²) in [6.45, 7) is 0.101. The SMILES string of the molecule is NCCP(O)C(=O)[C@H]1O[C@@H](n2ccc(N)nc2=O)[C@@H](O)[C@@H]1O. The highest BCUT2D eigenvalue weighted by Crippen LogP contribution is 2.38. The van der Waals surface area contributed by atoms with Crippen LogP contribution >= 0.6 is 8.15 Å². The molecule has 1 aromatic rings. The van der Waals surface area contributed by atoms with Crippen LogP contribution in [0.5, 0.6) is 0 Å². The van der Waals surface area contributed by atoms with Gasteiger partial charge in [-0.25, -0.2) is 4.79 Å². The second-order valence-electron chi connectivity index (χ2n) is 4.72. The molecule has 1 fully saturated rings. The molecule has 2 rings (SSSR count). The lowest BCUT2D eigenvalue weighted by Crippen LogP contribution is -2.37. The lowest BCUT2D eigenvalue weighted by Gasteiger charge is -2.17. The molecule has 11 heteroatoms. The highest BCUT2D eigenvalue weighted by molar-refractivity contribution is 7.69. The zero-order chi connectivity index (χ0) is 16.4. The molecule has 122 valence electrons. The Hall–Kier alpha value is -1.42. The van der Waals surface area contributed by atoms with Crippen molar-refractivity contribution in [2.45, 2.75) is 24.5 Å². The van der Waals surface area contributed by atoms with E-state index in [1.165, 1.54) is 12.3 Å². The molecule has 7 N–H and O–H groups in total. The summed E-state index contributed by atoms with van der Waals surface area (Å²) in [6, 6.07) is 1.31. The fraction of sp³-hybridized carbons (Fsp3) is 0.545. The number of anilines is 1. The summed E-state index contributed by atoms with van der Waals surface area (Å²) in [5.74, 6) is -0.0104. The number of aliphatic hydroxyl groups is 2. The van der Waals surface area contributed by atoms with Gasteiger partial charge in [-0.1, -0.05) is 0 Å².